The van der Waals surface area contributed by atoms with Crippen LogP contribution in [-0.4, -0.2) is 33.4 Å². The molecule has 4 aromatic rings. The molecule has 1 aliphatic rings. The van der Waals surface area contributed by atoms with Crippen molar-refractivity contribution >= 4 is 11.6 Å². The largest absolute Gasteiger partial charge is 0.508 e. The number of aryl methyl sites for hydroxylation is 1. The van der Waals surface area contributed by atoms with E-state index in [1.54, 1.807) is 42.7 Å². The first-order valence-electron chi connectivity index (χ1n) is 17.9. The van der Waals surface area contributed by atoms with E-state index in [0.29, 0.717) is 36.1 Å². The van der Waals surface area contributed by atoms with Gasteiger partial charge in [-0.15, -0.1) is 0 Å². The Hall–Kier alpha value is -4.66. The molecular weight excluding hydrogens is 626 g/mol. The van der Waals surface area contributed by atoms with E-state index in [0.717, 1.165) is 28.7 Å². The fraction of sp³-hybridized carbons (Fsp3) is 0.381. The summed E-state index contributed by atoms with van der Waals surface area (Å²) in [6.45, 7) is 2.49. The molecule has 50 heavy (non-hydrogen) atoms. The number of benzene rings is 3. The summed E-state index contributed by atoms with van der Waals surface area (Å²) in [7, 11) is 0. The average molecular weight is 678 g/mol. The number of rotatable bonds is 18. The second-order valence-corrected chi connectivity index (χ2v) is 13.7. The number of ketones is 2. The van der Waals surface area contributed by atoms with Crippen LogP contribution in [0.4, 0.5) is 0 Å². The van der Waals surface area contributed by atoms with Gasteiger partial charge >= 0.3 is 0 Å². The summed E-state index contributed by atoms with van der Waals surface area (Å²) >= 11 is 0. The molecule has 0 bridgehead atoms. The van der Waals surface area contributed by atoms with Crippen molar-refractivity contribution < 1.29 is 24.5 Å². The van der Waals surface area contributed by atoms with Crippen LogP contribution in [0, 0.1) is 5.41 Å². The van der Waals surface area contributed by atoms with E-state index >= 15 is 0 Å². The molecule has 1 atom stereocenters. The fourth-order valence-electron chi connectivity index (χ4n) is 7.03. The molecule has 1 fully saturated rings. The molecule has 8 heteroatoms. The Morgan fingerprint density at radius 1 is 0.920 bits per heavy atom. The number of aromatic amines is 1. The molecule has 0 amide bonds. The van der Waals surface area contributed by atoms with Crippen LogP contribution in [-0.2, 0) is 17.6 Å². The zero-order valence-electron chi connectivity index (χ0n) is 29.1. The predicted octanol–water partition coefficient (Wildman–Crippen LogP) is 8.18. The number of phenolic OH excluding ortho intramolecular Hbond substituents is 2. The fourth-order valence-corrected chi connectivity index (χ4v) is 7.03. The molecule has 0 saturated heterocycles. The molecule has 1 aromatic heterocycles. The Labute approximate surface area is 295 Å². The molecule has 264 valence electrons. The van der Waals surface area contributed by atoms with Gasteiger partial charge in [-0.3, -0.25) is 9.59 Å². The highest BCUT2D eigenvalue weighted by Crippen LogP contribution is 2.43. The number of hydrogen-bond donors (Lipinski definition) is 5. The van der Waals surface area contributed by atoms with Gasteiger partial charge in [-0.05, 0) is 83.7 Å². The van der Waals surface area contributed by atoms with E-state index in [1.807, 2.05) is 42.5 Å². The predicted molar refractivity (Wildman–Crippen MR) is 197 cm³/mol. The van der Waals surface area contributed by atoms with E-state index < -0.39 is 12.1 Å². The van der Waals surface area contributed by atoms with Gasteiger partial charge in [-0.25, -0.2) is 0 Å². The van der Waals surface area contributed by atoms with Crippen LogP contribution in [0.15, 0.2) is 91.3 Å². The number of hydrogen-bond acceptors (Lipinski definition) is 7. The standard InChI is InChI=1S/C42H51N3O5/c1-2-3-19-42(20-4-5-21-42)22-16-34(46)13-6-29-8-15-38(48)40(26-29)50-24-18-30-7-14-37(47)36(25-30)35(27-39(49)33-17-23-45-28-33)31-9-11-32(12-10-31)41(43)44/h7-12,14-17,22-23,25-26,28,35,41,45,47-48H,2-6,13,18-21,24,27,43-44H2,1H3/b22-16+/t35-/m1/s1. The SMILES string of the molecule is CCCCC1(/C=C/C(=O)CCc2ccc(O)c(OCCc3ccc(O)c([C@H](CC(=O)c4cc[nH]c4)c4ccc(C(N)N)cc4)c3)c2)CCCC1. The molecule has 0 spiro atoms. The number of allylic oxidation sites excluding steroid dienone is 2. The molecule has 1 saturated carbocycles. The summed E-state index contributed by atoms with van der Waals surface area (Å²) in [6.07, 6.45) is 16.7. The van der Waals surface area contributed by atoms with Gasteiger partial charge in [-0.1, -0.05) is 81.1 Å². The Morgan fingerprint density at radius 3 is 2.30 bits per heavy atom. The third-order valence-electron chi connectivity index (χ3n) is 10.1. The molecule has 0 unspecified atom stereocenters. The summed E-state index contributed by atoms with van der Waals surface area (Å²) in [5, 5.41) is 21.5. The summed E-state index contributed by atoms with van der Waals surface area (Å²) in [6, 6.07) is 19.8. The summed E-state index contributed by atoms with van der Waals surface area (Å²) in [5.74, 6) is 0.145. The second-order valence-electron chi connectivity index (χ2n) is 13.7. The maximum Gasteiger partial charge on any atom is 0.165 e. The number of Topliss-reactive ketones (excluding diaryl/α,β-unsaturated/α-hetero) is 1. The van der Waals surface area contributed by atoms with Crippen molar-refractivity contribution in [3.05, 3.63) is 125 Å². The highest BCUT2D eigenvalue weighted by molar-refractivity contribution is 5.96. The number of nitrogens with one attached hydrogen (secondary N) is 1. The van der Waals surface area contributed by atoms with E-state index in [4.69, 9.17) is 16.2 Å². The van der Waals surface area contributed by atoms with E-state index in [2.05, 4.69) is 18.0 Å². The summed E-state index contributed by atoms with van der Waals surface area (Å²) in [5.41, 5.74) is 16.6. The number of carbonyl (C=O) groups is 2. The molecule has 0 aliphatic heterocycles. The molecule has 5 rings (SSSR count). The van der Waals surface area contributed by atoms with Crippen molar-refractivity contribution in [1.29, 1.82) is 0 Å². The Balaban J connectivity index is 1.23. The first-order chi connectivity index (χ1) is 24.2. The lowest BCUT2D eigenvalue weighted by Gasteiger charge is -2.24. The minimum atomic E-state index is -0.616. The lowest BCUT2D eigenvalue weighted by atomic mass is 9.80. The lowest BCUT2D eigenvalue weighted by Crippen LogP contribution is -2.20. The monoisotopic (exact) mass is 677 g/mol. The number of H-pyrrole nitrogens is 1. The van der Waals surface area contributed by atoms with Gasteiger partial charge < -0.3 is 31.4 Å². The van der Waals surface area contributed by atoms with Gasteiger partial charge in [0.15, 0.2) is 23.1 Å². The molecule has 7 N–H and O–H groups in total. The van der Waals surface area contributed by atoms with Crippen LogP contribution < -0.4 is 16.2 Å². The van der Waals surface area contributed by atoms with Crippen molar-refractivity contribution in [3.8, 4) is 17.2 Å². The third kappa shape index (κ3) is 9.73. The highest BCUT2D eigenvalue weighted by Gasteiger charge is 2.30. The zero-order valence-corrected chi connectivity index (χ0v) is 29.1. The van der Waals surface area contributed by atoms with Crippen molar-refractivity contribution in [2.45, 2.75) is 89.6 Å². The molecule has 3 aromatic carbocycles. The normalized spacial score (nSPS) is 14.7. The van der Waals surface area contributed by atoms with Crippen molar-refractivity contribution in [2.24, 2.45) is 16.9 Å². The van der Waals surface area contributed by atoms with Crippen LogP contribution >= 0.6 is 0 Å². The number of nitrogens with two attached hydrogens (primary N) is 2. The Kier molecular flexibility index (Phi) is 12.7. The first kappa shape index (κ1) is 36.6. The zero-order chi connectivity index (χ0) is 35.5. The number of ether oxygens (including phenoxy) is 1. The van der Waals surface area contributed by atoms with E-state index in [-0.39, 0.29) is 41.5 Å². The minimum absolute atomic E-state index is 0.0365. The second kappa shape index (κ2) is 17.3. The van der Waals surface area contributed by atoms with E-state index in [9.17, 15) is 19.8 Å². The lowest BCUT2D eigenvalue weighted by molar-refractivity contribution is -0.114. The van der Waals surface area contributed by atoms with Gasteiger partial charge in [0.25, 0.3) is 0 Å². The Bertz CT molecular complexity index is 1740. The van der Waals surface area contributed by atoms with Crippen molar-refractivity contribution in [3.63, 3.8) is 0 Å². The topological polar surface area (TPSA) is 152 Å². The third-order valence-corrected chi connectivity index (χ3v) is 10.1. The number of aromatic nitrogens is 1. The average Bonchev–Trinajstić information content (AvgIpc) is 3.84. The number of aromatic hydroxyl groups is 2. The smallest absolute Gasteiger partial charge is 0.165 e. The minimum Gasteiger partial charge on any atom is -0.508 e. The number of phenols is 2. The van der Waals surface area contributed by atoms with E-state index in [1.165, 1.54) is 38.5 Å². The van der Waals surface area contributed by atoms with Gasteiger partial charge in [0.05, 0.1) is 12.8 Å². The number of carbonyl (C=O) groups excluding carboxylic acids is 2. The molecule has 8 nitrogen and oxygen atoms in total. The maximum atomic E-state index is 13.2. The van der Waals surface area contributed by atoms with Gasteiger partial charge in [0.2, 0.25) is 0 Å². The summed E-state index contributed by atoms with van der Waals surface area (Å²) < 4.78 is 6.03. The van der Waals surface area contributed by atoms with Crippen LogP contribution in [0.5, 0.6) is 17.2 Å². The maximum absolute atomic E-state index is 13.2. The molecule has 1 aliphatic carbocycles. The molecular formula is C42H51N3O5. The molecule has 0 radical (unpaired) electrons. The van der Waals surface area contributed by atoms with Crippen LogP contribution in [0.25, 0.3) is 0 Å². The van der Waals surface area contributed by atoms with Crippen molar-refractivity contribution in [2.75, 3.05) is 6.61 Å². The first-order valence-corrected chi connectivity index (χ1v) is 17.9. The molecule has 1 heterocycles. The van der Waals surface area contributed by atoms with Crippen molar-refractivity contribution in [1.82, 2.24) is 4.98 Å². The van der Waals surface area contributed by atoms with Gasteiger partial charge in [0.1, 0.15) is 5.75 Å². The highest BCUT2D eigenvalue weighted by atomic mass is 16.5. The van der Waals surface area contributed by atoms with Crippen LogP contribution in [0.2, 0.25) is 0 Å². The number of unbranched alkanes of at least 4 members (excludes halogenated alkanes) is 1. The van der Waals surface area contributed by atoms with Gasteiger partial charge in [0, 0.05) is 48.7 Å². The summed E-state index contributed by atoms with van der Waals surface area (Å²) in [4.78, 5) is 29.0. The van der Waals surface area contributed by atoms with Crippen LogP contribution in [0.1, 0.15) is 115 Å². The van der Waals surface area contributed by atoms with Gasteiger partial charge in [-0.2, -0.15) is 0 Å². The van der Waals surface area contributed by atoms with Crippen LogP contribution in [0.3, 0.4) is 0 Å². The quantitative estimate of drug-likeness (QED) is 0.0405. The Morgan fingerprint density at radius 2 is 1.62 bits per heavy atom.